The predicted molar refractivity (Wildman–Crippen MR) is 140 cm³/mol. The van der Waals surface area contributed by atoms with Crippen LogP contribution >= 0.6 is 15.9 Å². The van der Waals surface area contributed by atoms with E-state index in [0.29, 0.717) is 30.8 Å². The number of amides is 1. The van der Waals surface area contributed by atoms with Gasteiger partial charge in [0.25, 0.3) is 0 Å². The Morgan fingerprint density at radius 3 is 2.15 bits per heavy atom. The van der Waals surface area contributed by atoms with E-state index < -0.39 is 11.3 Å². The van der Waals surface area contributed by atoms with Crippen molar-refractivity contribution in [2.45, 2.75) is 39.2 Å². The molecule has 0 bridgehead atoms. The molecule has 0 aliphatic heterocycles. The minimum atomic E-state index is -2.41. The van der Waals surface area contributed by atoms with Crippen molar-refractivity contribution in [2.24, 2.45) is 0 Å². The number of benzene rings is 3. The summed E-state index contributed by atoms with van der Waals surface area (Å²) in [7, 11) is 0. The van der Waals surface area contributed by atoms with Crippen LogP contribution in [0, 0.1) is 0 Å². The van der Waals surface area contributed by atoms with Crippen molar-refractivity contribution in [3.8, 4) is 16.9 Å². The van der Waals surface area contributed by atoms with E-state index in [1.807, 2.05) is 55.5 Å². The van der Waals surface area contributed by atoms with Gasteiger partial charge in [-0.2, -0.15) is 0 Å². The minimum Gasteiger partial charge on any atom is -0.755 e. The first kappa shape index (κ1) is 25.9. The number of hydrogen-bond donors (Lipinski definition) is 1. The first-order valence-corrected chi connectivity index (χ1v) is 12.9. The van der Waals surface area contributed by atoms with Crippen LogP contribution in [0.5, 0.6) is 5.75 Å². The first-order valence-electron chi connectivity index (χ1n) is 11.1. The summed E-state index contributed by atoms with van der Waals surface area (Å²) in [6.07, 6.45) is 2.04. The van der Waals surface area contributed by atoms with Crippen molar-refractivity contribution in [1.82, 2.24) is 0 Å². The van der Waals surface area contributed by atoms with E-state index in [1.165, 1.54) is 11.2 Å². The van der Waals surface area contributed by atoms with Gasteiger partial charge in [0.2, 0.25) is 5.91 Å². The van der Waals surface area contributed by atoms with E-state index in [1.54, 1.807) is 29.2 Å². The molecule has 0 saturated heterocycles. The summed E-state index contributed by atoms with van der Waals surface area (Å²) in [6, 6.07) is 21.9. The molecule has 0 radical (unpaired) electrons. The second-order valence-corrected chi connectivity index (χ2v) is 9.84. The SMILES string of the molecule is CC(=O)N(CCCCC(C)N(c1ccc(-c2ccc(Br)cc2)cc1)S(=O)[O-])c1ccccc1O. The molecule has 0 fully saturated rings. The van der Waals surface area contributed by atoms with E-state index in [2.05, 4.69) is 15.9 Å². The molecule has 2 atom stereocenters. The third-order valence-electron chi connectivity index (χ3n) is 5.67. The highest BCUT2D eigenvalue weighted by Gasteiger charge is 2.18. The molecule has 0 aliphatic carbocycles. The van der Waals surface area contributed by atoms with Gasteiger partial charge in [-0.3, -0.25) is 13.3 Å². The zero-order valence-corrected chi connectivity index (χ0v) is 21.6. The van der Waals surface area contributed by atoms with E-state index in [4.69, 9.17) is 0 Å². The number of para-hydroxylation sites is 2. The molecule has 3 aromatic carbocycles. The molecular weight excluding hydrogens is 516 g/mol. The van der Waals surface area contributed by atoms with Gasteiger partial charge in [-0.05, 0) is 73.7 Å². The van der Waals surface area contributed by atoms with Crippen LogP contribution in [0.1, 0.15) is 33.1 Å². The summed E-state index contributed by atoms with van der Waals surface area (Å²) in [4.78, 5) is 13.6. The molecule has 34 heavy (non-hydrogen) atoms. The Morgan fingerprint density at radius 2 is 1.59 bits per heavy atom. The molecule has 0 aromatic heterocycles. The van der Waals surface area contributed by atoms with Crippen molar-refractivity contribution in [2.75, 3.05) is 15.7 Å². The number of hydrogen-bond acceptors (Lipinski definition) is 4. The normalized spacial score (nSPS) is 12.7. The van der Waals surface area contributed by atoms with Crippen LogP contribution in [0.4, 0.5) is 11.4 Å². The lowest BCUT2D eigenvalue weighted by Gasteiger charge is -2.33. The maximum Gasteiger partial charge on any atom is 0.223 e. The quantitative estimate of drug-likeness (QED) is 0.249. The van der Waals surface area contributed by atoms with E-state index in [-0.39, 0.29) is 17.7 Å². The number of unbranched alkanes of at least 4 members (excludes halogenated alkanes) is 1. The van der Waals surface area contributed by atoms with E-state index >= 15 is 0 Å². The fourth-order valence-electron chi connectivity index (χ4n) is 3.90. The lowest BCUT2D eigenvalue weighted by Crippen LogP contribution is -2.35. The summed E-state index contributed by atoms with van der Waals surface area (Å²) in [5, 5.41) is 10.1. The van der Waals surface area contributed by atoms with Gasteiger partial charge in [-0.1, -0.05) is 52.3 Å². The van der Waals surface area contributed by atoms with Crippen LogP contribution in [0.25, 0.3) is 11.1 Å². The van der Waals surface area contributed by atoms with Crippen molar-refractivity contribution in [1.29, 1.82) is 0 Å². The summed E-state index contributed by atoms with van der Waals surface area (Å²) in [6.45, 7) is 3.79. The van der Waals surface area contributed by atoms with Crippen molar-refractivity contribution >= 4 is 44.5 Å². The number of carbonyl (C=O) groups excluding carboxylic acids is 1. The summed E-state index contributed by atoms with van der Waals surface area (Å²) in [5.41, 5.74) is 3.16. The number of phenols is 1. The topological polar surface area (TPSA) is 83.9 Å². The first-order chi connectivity index (χ1) is 16.3. The third-order valence-corrected chi connectivity index (χ3v) is 7.09. The Hall–Kier alpha value is -2.68. The molecule has 6 nitrogen and oxygen atoms in total. The van der Waals surface area contributed by atoms with Gasteiger partial charge in [0.1, 0.15) is 5.75 Å². The molecule has 0 heterocycles. The van der Waals surface area contributed by atoms with E-state index in [0.717, 1.165) is 22.0 Å². The highest BCUT2D eigenvalue weighted by molar-refractivity contribution is 9.10. The largest absolute Gasteiger partial charge is 0.755 e. The maximum absolute atomic E-state index is 12.1. The van der Waals surface area contributed by atoms with Gasteiger partial charge in [0.15, 0.2) is 0 Å². The summed E-state index contributed by atoms with van der Waals surface area (Å²) in [5.74, 6) is -0.0896. The molecule has 8 heteroatoms. The van der Waals surface area contributed by atoms with Gasteiger partial charge in [0.05, 0.1) is 5.69 Å². The average Bonchev–Trinajstić information content (AvgIpc) is 2.80. The Bertz CT molecular complexity index is 1120. The van der Waals surface area contributed by atoms with Crippen LogP contribution in [0.3, 0.4) is 0 Å². The molecule has 3 rings (SSSR count). The molecule has 3 aromatic rings. The highest BCUT2D eigenvalue weighted by Crippen LogP contribution is 2.29. The molecule has 0 saturated carbocycles. The number of phenolic OH excluding ortho intramolecular Hbond substituents is 1. The Balaban J connectivity index is 1.61. The molecule has 1 amide bonds. The number of anilines is 2. The fourth-order valence-corrected chi connectivity index (χ4v) is 4.85. The molecule has 0 aliphatic rings. The monoisotopic (exact) mass is 543 g/mol. The van der Waals surface area contributed by atoms with Crippen LogP contribution in [-0.2, 0) is 16.1 Å². The van der Waals surface area contributed by atoms with Crippen molar-refractivity contribution < 1.29 is 18.7 Å². The maximum atomic E-state index is 12.1. The molecular formula is C26H28BrN2O4S-. The molecule has 180 valence electrons. The lowest BCUT2D eigenvalue weighted by molar-refractivity contribution is -0.116. The number of nitrogens with zero attached hydrogens (tertiary/aromatic N) is 2. The van der Waals surface area contributed by atoms with Gasteiger partial charge in [-0.25, -0.2) is 0 Å². The van der Waals surface area contributed by atoms with Crippen LogP contribution in [-0.4, -0.2) is 32.4 Å². The number of rotatable bonds is 10. The Labute approximate surface area is 211 Å². The smallest absolute Gasteiger partial charge is 0.223 e. The Kier molecular flexibility index (Phi) is 9.27. The molecule has 1 N–H and O–H groups in total. The van der Waals surface area contributed by atoms with Crippen LogP contribution in [0.15, 0.2) is 77.3 Å². The minimum absolute atomic E-state index is 0.0607. The summed E-state index contributed by atoms with van der Waals surface area (Å²) < 4.78 is 26.4. The molecule has 0 spiro atoms. The average molecular weight is 544 g/mol. The van der Waals surface area contributed by atoms with Crippen LogP contribution in [0.2, 0.25) is 0 Å². The van der Waals surface area contributed by atoms with E-state index in [9.17, 15) is 18.7 Å². The standard InChI is InChI=1S/C26H29BrN2O4S/c1-19(7-5-6-18-28(20(2)30)25-8-3-4-9-26(25)31)29(34(32)33)24-16-12-22(13-17-24)21-10-14-23(27)15-11-21/h3-4,8-17,19,31H,5-7,18H2,1-2H3,(H,32,33)/p-1. The van der Waals surface area contributed by atoms with Crippen molar-refractivity contribution in [3.63, 3.8) is 0 Å². The Morgan fingerprint density at radius 1 is 1.00 bits per heavy atom. The lowest BCUT2D eigenvalue weighted by atomic mass is 10.1. The fraction of sp³-hybridized carbons (Fsp3) is 0.269. The second-order valence-electron chi connectivity index (χ2n) is 8.10. The highest BCUT2D eigenvalue weighted by atomic mass is 79.9. The van der Waals surface area contributed by atoms with Gasteiger partial charge < -0.3 is 14.6 Å². The van der Waals surface area contributed by atoms with Gasteiger partial charge in [-0.15, -0.1) is 0 Å². The van der Waals surface area contributed by atoms with Gasteiger partial charge in [0, 0.05) is 40.9 Å². The van der Waals surface area contributed by atoms with Gasteiger partial charge >= 0.3 is 0 Å². The van der Waals surface area contributed by atoms with Crippen molar-refractivity contribution in [3.05, 3.63) is 77.3 Å². The number of aromatic hydroxyl groups is 1. The second kappa shape index (κ2) is 12.1. The third kappa shape index (κ3) is 6.68. The number of carbonyl (C=O) groups is 1. The zero-order chi connectivity index (χ0) is 24.7. The molecule has 2 unspecified atom stereocenters. The summed E-state index contributed by atoms with van der Waals surface area (Å²) >= 11 is 1.02. The van der Waals surface area contributed by atoms with Crippen LogP contribution < -0.4 is 9.21 Å². The number of halogens is 1. The zero-order valence-electron chi connectivity index (χ0n) is 19.2. The predicted octanol–water partition coefficient (Wildman–Crippen LogP) is 6.03.